The Morgan fingerprint density at radius 1 is 1.25 bits per heavy atom. The molecule has 1 atom stereocenters. The minimum atomic E-state index is -0.0305. The van der Waals surface area contributed by atoms with E-state index >= 15 is 0 Å². The van der Waals surface area contributed by atoms with Crippen molar-refractivity contribution in [1.82, 2.24) is 5.32 Å². The summed E-state index contributed by atoms with van der Waals surface area (Å²) in [5, 5.41) is 3.79. The molecule has 0 bridgehead atoms. The van der Waals surface area contributed by atoms with Gasteiger partial charge in [0.25, 0.3) is 0 Å². The quantitative estimate of drug-likeness (QED) is 0.899. The van der Waals surface area contributed by atoms with Crippen LogP contribution in [0.4, 0.5) is 5.69 Å². The van der Waals surface area contributed by atoms with Crippen LogP contribution in [0.3, 0.4) is 0 Å². The highest BCUT2D eigenvalue weighted by atomic mass is 35.5. The van der Waals surface area contributed by atoms with Gasteiger partial charge < -0.3 is 10.2 Å². The zero-order chi connectivity index (χ0) is 17.1. The number of carbonyl (C=O) groups excluding carboxylic acids is 1. The van der Waals surface area contributed by atoms with Gasteiger partial charge in [0, 0.05) is 17.3 Å². The summed E-state index contributed by atoms with van der Waals surface area (Å²) < 4.78 is 0. The van der Waals surface area contributed by atoms with Crippen LogP contribution in [0.25, 0.3) is 0 Å². The number of halogens is 1. The highest BCUT2D eigenvalue weighted by Gasteiger charge is 2.20. The lowest BCUT2D eigenvalue weighted by Gasteiger charge is -2.31. The van der Waals surface area contributed by atoms with Gasteiger partial charge in [-0.05, 0) is 56.0 Å². The Bertz CT molecular complexity index is 727. The summed E-state index contributed by atoms with van der Waals surface area (Å²) in [6, 6.07) is 14.1. The fourth-order valence-electron chi connectivity index (χ4n) is 3.26. The Labute approximate surface area is 148 Å². The van der Waals surface area contributed by atoms with E-state index in [-0.39, 0.29) is 11.9 Å². The summed E-state index contributed by atoms with van der Waals surface area (Å²) in [4.78, 5) is 14.6. The topological polar surface area (TPSA) is 32.3 Å². The third-order valence-corrected chi connectivity index (χ3v) is 4.78. The van der Waals surface area contributed by atoms with Gasteiger partial charge in [-0.25, -0.2) is 0 Å². The molecule has 1 N–H and O–H groups in total. The maximum absolute atomic E-state index is 12.5. The fourth-order valence-corrected chi connectivity index (χ4v) is 3.39. The Morgan fingerprint density at radius 2 is 2.00 bits per heavy atom. The van der Waals surface area contributed by atoms with Crippen LogP contribution < -0.4 is 10.2 Å². The number of anilines is 1. The van der Waals surface area contributed by atoms with Crippen LogP contribution in [0.2, 0.25) is 5.02 Å². The molecule has 2 aromatic carbocycles. The van der Waals surface area contributed by atoms with Crippen molar-refractivity contribution in [3.8, 4) is 0 Å². The minimum Gasteiger partial charge on any atom is -0.362 e. The van der Waals surface area contributed by atoms with Crippen molar-refractivity contribution < 1.29 is 4.79 Å². The second kappa shape index (κ2) is 7.27. The van der Waals surface area contributed by atoms with Crippen molar-refractivity contribution in [3.05, 3.63) is 64.2 Å². The first-order valence-corrected chi connectivity index (χ1v) is 8.80. The minimum absolute atomic E-state index is 0.0305. The zero-order valence-corrected chi connectivity index (χ0v) is 14.9. The molecule has 3 rings (SSSR count). The molecule has 0 radical (unpaired) electrons. The zero-order valence-electron chi connectivity index (χ0n) is 14.2. The molecule has 0 aliphatic carbocycles. The van der Waals surface area contributed by atoms with Crippen LogP contribution in [-0.4, -0.2) is 19.0 Å². The van der Waals surface area contributed by atoms with Crippen LogP contribution >= 0.6 is 11.6 Å². The van der Waals surface area contributed by atoms with E-state index in [1.165, 1.54) is 16.8 Å². The highest BCUT2D eigenvalue weighted by Crippen LogP contribution is 2.27. The third-order valence-electron chi connectivity index (χ3n) is 4.53. The molecule has 0 fully saturated rings. The molecular formula is C20H23ClN2O. The number of nitrogens with zero attached hydrogens (tertiary/aromatic N) is 1. The number of aryl methyl sites for hydroxylation is 2. The first-order valence-electron chi connectivity index (χ1n) is 8.42. The van der Waals surface area contributed by atoms with Gasteiger partial charge in [-0.2, -0.15) is 0 Å². The largest absolute Gasteiger partial charge is 0.362 e. The summed E-state index contributed by atoms with van der Waals surface area (Å²) in [5.74, 6) is 0.0471. The normalized spacial score (nSPS) is 14.9. The molecule has 0 unspecified atom stereocenters. The van der Waals surface area contributed by atoms with E-state index < -0.39 is 0 Å². The molecule has 0 aromatic heterocycles. The van der Waals surface area contributed by atoms with Gasteiger partial charge >= 0.3 is 0 Å². The summed E-state index contributed by atoms with van der Waals surface area (Å²) in [5.41, 5.74) is 4.87. The third kappa shape index (κ3) is 3.90. The molecule has 3 nitrogen and oxygen atoms in total. The van der Waals surface area contributed by atoms with Gasteiger partial charge in [-0.3, -0.25) is 4.79 Å². The molecule has 1 heterocycles. The molecule has 24 heavy (non-hydrogen) atoms. The smallest absolute Gasteiger partial charge is 0.239 e. The highest BCUT2D eigenvalue weighted by molar-refractivity contribution is 6.30. The van der Waals surface area contributed by atoms with Crippen LogP contribution in [0.15, 0.2) is 42.5 Å². The molecule has 0 saturated carbocycles. The van der Waals surface area contributed by atoms with Gasteiger partial charge in [0.2, 0.25) is 5.91 Å². The van der Waals surface area contributed by atoms with Gasteiger partial charge in [-0.15, -0.1) is 0 Å². The van der Waals surface area contributed by atoms with E-state index in [0.717, 1.165) is 24.9 Å². The average Bonchev–Trinajstić information content (AvgIpc) is 2.55. The Balaban J connectivity index is 1.64. The number of benzene rings is 2. The van der Waals surface area contributed by atoms with E-state index in [9.17, 15) is 4.79 Å². The summed E-state index contributed by atoms with van der Waals surface area (Å²) >= 11 is 5.92. The second-order valence-corrected chi connectivity index (χ2v) is 6.93. The van der Waals surface area contributed by atoms with Crippen molar-refractivity contribution in [1.29, 1.82) is 0 Å². The van der Waals surface area contributed by atoms with Crippen LogP contribution in [-0.2, 0) is 11.2 Å². The van der Waals surface area contributed by atoms with Crippen molar-refractivity contribution in [2.45, 2.75) is 32.7 Å². The molecule has 0 spiro atoms. The van der Waals surface area contributed by atoms with Gasteiger partial charge in [0.1, 0.15) is 0 Å². The van der Waals surface area contributed by atoms with Crippen LogP contribution in [0.5, 0.6) is 0 Å². The van der Waals surface area contributed by atoms with Gasteiger partial charge in [0.15, 0.2) is 0 Å². The van der Waals surface area contributed by atoms with Crippen molar-refractivity contribution in [2.24, 2.45) is 0 Å². The number of amides is 1. The molecule has 1 amide bonds. The van der Waals surface area contributed by atoms with E-state index in [2.05, 4.69) is 35.3 Å². The van der Waals surface area contributed by atoms with Crippen molar-refractivity contribution in [2.75, 3.05) is 18.0 Å². The SMILES string of the molecule is Cc1ccc2c(c1)CCCN2CC(=O)N[C@H](C)c1ccc(Cl)cc1. The van der Waals surface area contributed by atoms with E-state index in [0.29, 0.717) is 11.6 Å². The van der Waals surface area contributed by atoms with Crippen LogP contribution in [0.1, 0.15) is 36.1 Å². The second-order valence-electron chi connectivity index (χ2n) is 6.50. The number of nitrogens with one attached hydrogen (secondary N) is 1. The van der Waals surface area contributed by atoms with E-state index in [4.69, 9.17) is 11.6 Å². The Hall–Kier alpha value is -2.00. The Kier molecular flexibility index (Phi) is 5.10. The van der Waals surface area contributed by atoms with Crippen molar-refractivity contribution in [3.63, 3.8) is 0 Å². The molecular weight excluding hydrogens is 320 g/mol. The summed E-state index contributed by atoms with van der Waals surface area (Å²) in [6.07, 6.45) is 2.19. The first kappa shape index (κ1) is 16.8. The fraction of sp³-hybridized carbons (Fsp3) is 0.350. The lowest BCUT2D eigenvalue weighted by atomic mass is 9.99. The van der Waals surface area contributed by atoms with Crippen molar-refractivity contribution >= 4 is 23.2 Å². The lowest BCUT2D eigenvalue weighted by molar-refractivity contribution is -0.120. The molecule has 1 aliphatic rings. The summed E-state index contributed by atoms with van der Waals surface area (Å²) in [7, 11) is 0. The summed E-state index contributed by atoms with van der Waals surface area (Å²) in [6.45, 7) is 5.43. The van der Waals surface area contributed by atoms with E-state index in [1.54, 1.807) is 0 Å². The maximum Gasteiger partial charge on any atom is 0.239 e. The standard InChI is InChI=1S/C20H23ClN2O/c1-14-5-10-19-17(12-14)4-3-11-23(19)13-20(24)22-15(2)16-6-8-18(21)9-7-16/h5-10,12,15H,3-4,11,13H2,1-2H3,(H,22,24)/t15-/m1/s1. The molecule has 126 valence electrons. The maximum atomic E-state index is 12.5. The number of carbonyl (C=O) groups is 1. The Morgan fingerprint density at radius 3 is 2.75 bits per heavy atom. The predicted molar refractivity (Wildman–Crippen MR) is 99.7 cm³/mol. The number of fused-ring (bicyclic) bond motifs is 1. The number of hydrogen-bond donors (Lipinski definition) is 1. The van der Waals surface area contributed by atoms with Crippen LogP contribution in [0, 0.1) is 6.92 Å². The molecule has 2 aromatic rings. The molecule has 1 aliphatic heterocycles. The van der Waals surface area contributed by atoms with Gasteiger partial charge in [-0.1, -0.05) is 41.4 Å². The molecule has 0 saturated heterocycles. The lowest BCUT2D eigenvalue weighted by Crippen LogP contribution is -2.40. The predicted octanol–water partition coefficient (Wildman–Crippen LogP) is 4.28. The number of hydrogen-bond acceptors (Lipinski definition) is 2. The number of rotatable bonds is 4. The van der Waals surface area contributed by atoms with E-state index in [1.807, 2.05) is 31.2 Å². The monoisotopic (exact) mass is 342 g/mol. The first-order chi connectivity index (χ1) is 11.5. The molecule has 4 heteroatoms. The average molecular weight is 343 g/mol. The van der Waals surface area contributed by atoms with Gasteiger partial charge in [0.05, 0.1) is 12.6 Å².